The second-order valence-corrected chi connectivity index (χ2v) is 6.45. The number of anilines is 1. The molecule has 0 aromatic heterocycles. The van der Waals surface area contributed by atoms with E-state index in [2.05, 4.69) is 15.4 Å². The van der Waals surface area contributed by atoms with E-state index in [0.717, 1.165) is 24.8 Å². The molecule has 2 N–H and O–H groups in total. The normalized spacial score (nSPS) is 16.6. The lowest BCUT2D eigenvalue weighted by Gasteiger charge is -2.41. The van der Waals surface area contributed by atoms with Gasteiger partial charge in [0.15, 0.2) is 0 Å². The fourth-order valence-electron chi connectivity index (χ4n) is 2.93. The Morgan fingerprint density at radius 1 is 1.21 bits per heavy atom. The van der Waals surface area contributed by atoms with Crippen molar-refractivity contribution in [3.05, 3.63) is 29.8 Å². The van der Waals surface area contributed by atoms with Crippen LogP contribution in [0.25, 0.3) is 0 Å². The number of hydrogen-bond acceptors (Lipinski definition) is 4. The quantitative estimate of drug-likeness (QED) is 0.752. The molecule has 1 aliphatic rings. The first-order chi connectivity index (χ1) is 11.5. The highest BCUT2D eigenvalue weighted by molar-refractivity contribution is 5.89. The monoisotopic (exact) mass is 334 g/mol. The minimum absolute atomic E-state index is 0.0697. The molecule has 2 amide bonds. The molecule has 1 saturated carbocycles. The van der Waals surface area contributed by atoms with E-state index >= 15 is 0 Å². The van der Waals surface area contributed by atoms with Crippen LogP contribution in [0.3, 0.4) is 0 Å². The van der Waals surface area contributed by atoms with E-state index in [1.165, 1.54) is 7.11 Å². The van der Waals surface area contributed by atoms with Crippen molar-refractivity contribution in [3.63, 3.8) is 0 Å². The Balaban J connectivity index is 1.89. The largest absolute Gasteiger partial charge is 0.469 e. The van der Waals surface area contributed by atoms with Gasteiger partial charge in [0.2, 0.25) is 0 Å². The number of ether oxygens (including phenoxy) is 2. The van der Waals surface area contributed by atoms with Crippen LogP contribution < -0.4 is 10.6 Å². The van der Waals surface area contributed by atoms with Crippen molar-refractivity contribution in [2.45, 2.75) is 44.1 Å². The van der Waals surface area contributed by atoms with Crippen molar-refractivity contribution < 1.29 is 19.1 Å². The minimum Gasteiger partial charge on any atom is -0.469 e. The number of hydrogen-bond donors (Lipinski definition) is 2. The minimum atomic E-state index is -0.229. The maximum absolute atomic E-state index is 12.2. The zero-order valence-electron chi connectivity index (χ0n) is 14.6. The molecule has 1 aliphatic carbocycles. The SMILES string of the molecule is COCC1(NC(=O)Nc2ccc([C@H](C)CC(=O)OC)cc2)CCC1. The maximum atomic E-state index is 12.2. The molecule has 0 spiro atoms. The van der Waals surface area contributed by atoms with Crippen LogP contribution in [-0.4, -0.2) is 38.4 Å². The lowest BCUT2D eigenvalue weighted by atomic mass is 9.77. The second-order valence-electron chi connectivity index (χ2n) is 6.45. The third-order valence-corrected chi connectivity index (χ3v) is 4.55. The van der Waals surface area contributed by atoms with Gasteiger partial charge in [-0.05, 0) is 42.9 Å². The molecule has 0 saturated heterocycles. The lowest BCUT2D eigenvalue weighted by molar-refractivity contribution is -0.140. The van der Waals surface area contributed by atoms with Gasteiger partial charge in [0, 0.05) is 12.8 Å². The summed E-state index contributed by atoms with van der Waals surface area (Å²) in [5.74, 6) is -0.159. The highest BCUT2D eigenvalue weighted by Crippen LogP contribution is 2.32. The van der Waals surface area contributed by atoms with Crippen molar-refractivity contribution >= 4 is 17.7 Å². The van der Waals surface area contributed by atoms with Crippen molar-refractivity contribution in [1.29, 1.82) is 0 Å². The fourth-order valence-corrected chi connectivity index (χ4v) is 2.93. The van der Waals surface area contributed by atoms with Crippen LogP contribution >= 0.6 is 0 Å². The molecule has 0 unspecified atom stereocenters. The zero-order valence-corrected chi connectivity index (χ0v) is 14.6. The number of methoxy groups -OCH3 is 2. The van der Waals surface area contributed by atoms with Crippen LogP contribution in [0.1, 0.15) is 44.1 Å². The first-order valence-electron chi connectivity index (χ1n) is 8.23. The highest BCUT2D eigenvalue weighted by Gasteiger charge is 2.38. The zero-order chi connectivity index (χ0) is 17.6. The van der Waals surface area contributed by atoms with E-state index in [1.54, 1.807) is 7.11 Å². The van der Waals surface area contributed by atoms with Crippen LogP contribution in [0.15, 0.2) is 24.3 Å². The number of nitrogens with one attached hydrogen (secondary N) is 2. The lowest BCUT2D eigenvalue weighted by Crippen LogP contribution is -2.57. The summed E-state index contributed by atoms with van der Waals surface area (Å²) in [4.78, 5) is 23.5. The van der Waals surface area contributed by atoms with Gasteiger partial charge in [0.25, 0.3) is 0 Å². The predicted molar refractivity (Wildman–Crippen MR) is 92.1 cm³/mol. The average Bonchev–Trinajstić information content (AvgIpc) is 2.53. The molecule has 1 fully saturated rings. The molecule has 0 radical (unpaired) electrons. The number of carbonyl (C=O) groups is 2. The molecule has 2 rings (SSSR count). The average molecular weight is 334 g/mol. The number of rotatable bonds is 7. The number of benzene rings is 1. The first-order valence-corrected chi connectivity index (χ1v) is 8.23. The number of esters is 1. The van der Waals surface area contributed by atoms with Gasteiger partial charge in [-0.3, -0.25) is 4.79 Å². The third kappa shape index (κ3) is 4.71. The highest BCUT2D eigenvalue weighted by atomic mass is 16.5. The van der Waals surface area contributed by atoms with E-state index in [-0.39, 0.29) is 23.5 Å². The summed E-state index contributed by atoms with van der Waals surface area (Å²) in [5, 5.41) is 5.86. The molecule has 1 atom stereocenters. The standard InChI is InChI=1S/C18H26N2O4/c1-13(11-16(21)24-3)14-5-7-15(8-6-14)19-17(22)20-18(12-23-2)9-4-10-18/h5-8,13H,4,9-12H2,1-3H3,(H2,19,20,22)/t13-/m1/s1. The topological polar surface area (TPSA) is 76.7 Å². The summed E-state index contributed by atoms with van der Waals surface area (Å²) in [6, 6.07) is 7.29. The molecular weight excluding hydrogens is 308 g/mol. The van der Waals surface area contributed by atoms with Gasteiger partial charge in [-0.2, -0.15) is 0 Å². The van der Waals surface area contributed by atoms with E-state index in [0.29, 0.717) is 18.7 Å². The summed E-state index contributed by atoms with van der Waals surface area (Å²) < 4.78 is 9.89. The molecule has 0 bridgehead atoms. The van der Waals surface area contributed by atoms with Gasteiger partial charge in [-0.1, -0.05) is 19.1 Å². The number of carbonyl (C=O) groups excluding carboxylic acids is 2. The Hall–Kier alpha value is -2.08. The second kappa shape index (κ2) is 8.15. The Morgan fingerprint density at radius 3 is 2.38 bits per heavy atom. The molecule has 6 nitrogen and oxygen atoms in total. The predicted octanol–water partition coefficient (Wildman–Crippen LogP) is 3.04. The summed E-state index contributed by atoms with van der Waals surface area (Å²) in [5.41, 5.74) is 1.52. The third-order valence-electron chi connectivity index (χ3n) is 4.55. The van der Waals surface area contributed by atoms with Crippen molar-refractivity contribution in [2.24, 2.45) is 0 Å². The Labute approximate surface area is 142 Å². The molecule has 1 aromatic rings. The van der Waals surface area contributed by atoms with Crippen LogP contribution in [-0.2, 0) is 14.3 Å². The van der Waals surface area contributed by atoms with Gasteiger partial charge in [0.05, 0.1) is 25.7 Å². The van der Waals surface area contributed by atoms with Gasteiger partial charge in [-0.25, -0.2) is 4.79 Å². The maximum Gasteiger partial charge on any atom is 0.319 e. The summed E-state index contributed by atoms with van der Waals surface area (Å²) in [7, 11) is 3.03. The smallest absolute Gasteiger partial charge is 0.319 e. The Bertz CT molecular complexity index is 567. The van der Waals surface area contributed by atoms with Crippen LogP contribution in [0.5, 0.6) is 0 Å². The first kappa shape index (κ1) is 18.3. The molecule has 0 aliphatic heterocycles. The Kier molecular flexibility index (Phi) is 6.20. The fraction of sp³-hybridized carbons (Fsp3) is 0.556. The van der Waals surface area contributed by atoms with Gasteiger partial charge in [-0.15, -0.1) is 0 Å². The van der Waals surface area contributed by atoms with E-state index in [4.69, 9.17) is 4.74 Å². The molecule has 132 valence electrons. The molecular formula is C18H26N2O4. The van der Waals surface area contributed by atoms with Crippen LogP contribution in [0, 0.1) is 0 Å². The van der Waals surface area contributed by atoms with Crippen LogP contribution in [0.4, 0.5) is 10.5 Å². The number of amides is 2. The van der Waals surface area contributed by atoms with Crippen molar-refractivity contribution in [2.75, 3.05) is 26.1 Å². The van der Waals surface area contributed by atoms with Gasteiger partial charge >= 0.3 is 12.0 Å². The van der Waals surface area contributed by atoms with E-state index < -0.39 is 0 Å². The van der Waals surface area contributed by atoms with Gasteiger partial charge < -0.3 is 20.1 Å². The van der Waals surface area contributed by atoms with E-state index in [1.807, 2.05) is 31.2 Å². The summed E-state index contributed by atoms with van der Waals surface area (Å²) >= 11 is 0. The van der Waals surface area contributed by atoms with Crippen LogP contribution in [0.2, 0.25) is 0 Å². The molecule has 0 heterocycles. The summed E-state index contributed by atoms with van der Waals surface area (Å²) in [6.07, 6.45) is 3.33. The summed E-state index contributed by atoms with van der Waals surface area (Å²) in [6.45, 7) is 2.50. The molecule has 24 heavy (non-hydrogen) atoms. The van der Waals surface area contributed by atoms with Crippen molar-refractivity contribution in [1.82, 2.24) is 5.32 Å². The van der Waals surface area contributed by atoms with Crippen molar-refractivity contribution in [3.8, 4) is 0 Å². The van der Waals surface area contributed by atoms with Gasteiger partial charge in [0.1, 0.15) is 0 Å². The molecule has 1 aromatic carbocycles. The Morgan fingerprint density at radius 2 is 1.88 bits per heavy atom. The molecule has 6 heteroatoms. The number of urea groups is 1. The van der Waals surface area contributed by atoms with E-state index in [9.17, 15) is 9.59 Å².